The van der Waals surface area contributed by atoms with Gasteiger partial charge in [-0.1, -0.05) is 6.92 Å². The molecule has 1 aromatic rings. The number of rotatable bonds is 7. The van der Waals surface area contributed by atoms with Gasteiger partial charge in [-0.15, -0.1) is 0 Å². The normalized spacial score (nSPS) is 12.5. The lowest BCUT2D eigenvalue weighted by Gasteiger charge is -2.23. The van der Waals surface area contributed by atoms with Gasteiger partial charge in [0.1, 0.15) is 0 Å². The summed E-state index contributed by atoms with van der Waals surface area (Å²) in [6.45, 7) is 6.17. The summed E-state index contributed by atoms with van der Waals surface area (Å²) < 4.78 is 0.597. The molecular formula is C14H21BrN2O2. The van der Waals surface area contributed by atoms with Gasteiger partial charge in [0.25, 0.3) is 0 Å². The van der Waals surface area contributed by atoms with Gasteiger partial charge in [-0.2, -0.15) is 0 Å². The van der Waals surface area contributed by atoms with Crippen LogP contribution in [0, 0.1) is 0 Å². The lowest BCUT2D eigenvalue weighted by atomic mass is 10.2. The molecule has 1 atom stereocenters. The molecule has 1 aromatic carbocycles. The van der Waals surface area contributed by atoms with E-state index >= 15 is 0 Å². The molecule has 0 aliphatic carbocycles. The quantitative estimate of drug-likeness (QED) is 0.806. The predicted octanol–water partition coefficient (Wildman–Crippen LogP) is 3.29. The Bertz CT molecular complexity index is 437. The van der Waals surface area contributed by atoms with Crippen LogP contribution in [0.25, 0.3) is 0 Å². The van der Waals surface area contributed by atoms with Gasteiger partial charge < -0.3 is 15.3 Å². The molecule has 0 fully saturated rings. The van der Waals surface area contributed by atoms with Crippen molar-refractivity contribution in [1.82, 2.24) is 4.90 Å². The predicted molar refractivity (Wildman–Crippen MR) is 82.0 cm³/mol. The van der Waals surface area contributed by atoms with Crippen LogP contribution >= 0.6 is 15.9 Å². The molecule has 19 heavy (non-hydrogen) atoms. The van der Waals surface area contributed by atoms with E-state index in [0.717, 1.165) is 25.2 Å². The number of benzene rings is 1. The summed E-state index contributed by atoms with van der Waals surface area (Å²) in [6, 6.07) is 5.76. The molecule has 0 heterocycles. The van der Waals surface area contributed by atoms with Crippen LogP contribution in [0.5, 0.6) is 0 Å². The van der Waals surface area contributed by atoms with Gasteiger partial charge in [-0.3, -0.25) is 0 Å². The third-order valence-electron chi connectivity index (χ3n) is 3.34. The molecule has 106 valence electrons. The van der Waals surface area contributed by atoms with Crippen molar-refractivity contribution >= 4 is 27.6 Å². The van der Waals surface area contributed by atoms with E-state index < -0.39 is 5.97 Å². The highest BCUT2D eigenvalue weighted by Gasteiger charge is 2.09. The molecule has 0 spiro atoms. The summed E-state index contributed by atoms with van der Waals surface area (Å²) in [5, 5.41) is 12.2. The number of likely N-dealkylation sites (N-methyl/N-ethyl adjacent to an activating group) is 1. The molecule has 0 aliphatic rings. The number of carbonyl (C=O) groups is 1. The Morgan fingerprint density at radius 1 is 1.53 bits per heavy atom. The first-order chi connectivity index (χ1) is 8.95. The molecule has 5 heteroatoms. The fourth-order valence-corrected chi connectivity index (χ4v) is 2.26. The topological polar surface area (TPSA) is 52.6 Å². The monoisotopic (exact) mass is 328 g/mol. The summed E-state index contributed by atoms with van der Waals surface area (Å²) in [6.07, 6.45) is 1.13. The minimum absolute atomic E-state index is 0.280. The highest BCUT2D eigenvalue weighted by Crippen LogP contribution is 2.21. The molecule has 0 saturated carbocycles. The Balaban J connectivity index is 2.51. The summed E-state index contributed by atoms with van der Waals surface area (Å²) in [5.74, 6) is -0.921. The Morgan fingerprint density at radius 2 is 2.21 bits per heavy atom. The lowest BCUT2D eigenvalue weighted by molar-refractivity contribution is 0.0696. The van der Waals surface area contributed by atoms with Gasteiger partial charge in [0.15, 0.2) is 0 Å². The summed E-state index contributed by atoms with van der Waals surface area (Å²) in [5.41, 5.74) is 1.21. The maximum absolute atomic E-state index is 10.9. The molecule has 4 nitrogen and oxygen atoms in total. The first-order valence-electron chi connectivity index (χ1n) is 6.42. The third kappa shape index (κ3) is 4.84. The molecule has 1 rings (SSSR count). The number of nitrogens with one attached hydrogen (secondary N) is 1. The van der Waals surface area contributed by atoms with Crippen molar-refractivity contribution in [2.45, 2.75) is 26.3 Å². The first-order valence-corrected chi connectivity index (χ1v) is 7.22. The fourth-order valence-electron chi connectivity index (χ4n) is 1.71. The van der Waals surface area contributed by atoms with Gasteiger partial charge in [0.2, 0.25) is 0 Å². The van der Waals surface area contributed by atoms with E-state index in [2.05, 4.69) is 47.0 Å². The highest BCUT2D eigenvalue weighted by molar-refractivity contribution is 9.10. The SMILES string of the molecule is CCC(C)N(C)CCNc1ccc(C(=O)O)c(Br)c1. The molecule has 0 aromatic heterocycles. The van der Waals surface area contributed by atoms with Crippen LogP contribution in [-0.4, -0.2) is 42.2 Å². The maximum Gasteiger partial charge on any atom is 0.336 e. The lowest BCUT2D eigenvalue weighted by Crippen LogP contribution is -2.32. The Labute approximate surface area is 122 Å². The molecular weight excluding hydrogens is 308 g/mol. The number of carboxylic acids is 1. The zero-order valence-corrected chi connectivity index (χ0v) is 13.2. The largest absolute Gasteiger partial charge is 0.478 e. The second-order valence-corrected chi connectivity index (χ2v) is 5.52. The van der Waals surface area contributed by atoms with Crippen LogP contribution in [0.1, 0.15) is 30.6 Å². The average molecular weight is 329 g/mol. The van der Waals surface area contributed by atoms with Crippen LogP contribution in [-0.2, 0) is 0 Å². The van der Waals surface area contributed by atoms with E-state index in [1.54, 1.807) is 18.2 Å². The Morgan fingerprint density at radius 3 is 2.74 bits per heavy atom. The number of anilines is 1. The fraction of sp³-hybridized carbons (Fsp3) is 0.500. The standard InChI is InChI=1S/C14H21BrN2O2/c1-4-10(2)17(3)8-7-16-11-5-6-12(14(18)19)13(15)9-11/h5-6,9-10,16H,4,7-8H2,1-3H3,(H,18,19). The van der Waals surface area contributed by atoms with E-state index in [1.165, 1.54) is 0 Å². The van der Waals surface area contributed by atoms with E-state index in [1.807, 2.05) is 0 Å². The first kappa shape index (κ1) is 16.0. The van der Waals surface area contributed by atoms with Gasteiger partial charge in [0.05, 0.1) is 5.56 Å². The van der Waals surface area contributed by atoms with Crippen molar-refractivity contribution < 1.29 is 9.90 Å². The molecule has 2 N–H and O–H groups in total. The summed E-state index contributed by atoms with van der Waals surface area (Å²) >= 11 is 3.27. The van der Waals surface area contributed by atoms with Crippen molar-refractivity contribution in [3.8, 4) is 0 Å². The van der Waals surface area contributed by atoms with Gasteiger partial charge in [0, 0.05) is 29.3 Å². The van der Waals surface area contributed by atoms with Gasteiger partial charge in [-0.25, -0.2) is 4.79 Å². The summed E-state index contributed by atoms with van der Waals surface area (Å²) in [7, 11) is 2.11. The smallest absolute Gasteiger partial charge is 0.336 e. The third-order valence-corrected chi connectivity index (χ3v) is 3.99. The number of nitrogens with zero attached hydrogens (tertiary/aromatic N) is 1. The number of aromatic carboxylic acids is 1. The number of hydrogen-bond donors (Lipinski definition) is 2. The molecule has 0 amide bonds. The van der Waals surface area contributed by atoms with Crippen LogP contribution < -0.4 is 5.32 Å². The number of halogens is 1. The molecule has 0 aliphatic heterocycles. The highest BCUT2D eigenvalue weighted by atomic mass is 79.9. The van der Waals surface area contributed by atoms with E-state index in [4.69, 9.17) is 5.11 Å². The zero-order chi connectivity index (χ0) is 14.4. The van der Waals surface area contributed by atoms with Crippen molar-refractivity contribution in [3.05, 3.63) is 28.2 Å². The van der Waals surface area contributed by atoms with Gasteiger partial charge >= 0.3 is 5.97 Å². The van der Waals surface area contributed by atoms with E-state index in [9.17, 15) is 4.79 Å². The van der Waals surface area contributed by atoms with Crippen molar-refractivity contribution in [2.24, 2.45) is 0 Å². The van der Waals surface area contributed by atoms with Gasteiger partial charge in [-0.05, 0) is 54.5 Å². The minimum Gasteiger partial charge on any atom is -0.478 e. The van der Waals surface area contributed by atoms with Crippen molar-refractivity contribution in [1.29, 1.82) is 0 Å². The molecule has 0 radical (unpaired) electrons. The summed E-state index contributed by atoms with van der Waals surface area (Å²) in [4.78, 5) is 13.2. The van der Waals surface area contributed by atoms with E-state index in [0.29, 0.717) is 10.5 Å². The second-order valence-electron chi connectivity index (χ2n) is 4.66. The minimum atomic E-state index is -0.921. The zero-order valence-electron chi connectivity index (χ0n) is 11.6. The molecule has 0 bridgehead atoms. The maximum atomic E-state index is 10.9. The Kier molecular flexibility index (Phi) is 6.31. The van der Waals surface area contributed by atoms with E-state index in [-0.39, 0.29) is 5.56 Å². The molecule has 1 unspecified atom stereocenters. The Hall–Kier alpha value is -1.07. The van der Waals surface area contributed by atoms with Crippen LogP contribution in [0.3, 0.4) is 0 Å². The molecule has 0 saturated heterocycles. The van der Waals surface area contributed by atoms with Crippen molar-refractivity contribution in [3.63, 3.8) is 0 Å². The number of carboxylic acid groups (broad SMARTS) is 1. The van der Waals surface area contributed by atoms with Crippen LogP contribution in [0.4, 0.5) is 5.69 Å². The van der Waals surface area contributed by atoms with Crippen LogP contribution in [0.15, 0.2) is 22.7 Å². The second kappa shape index (κ2) is 7.50. The number of hydrogen-bond acceptors (Lipinski definition) is 3. The van der Waals surface area contributed by atoms with Crippen molar-refractivity contribution in [2.75, 3.05) is 25.5 Å². The average Bonchev–Trinajstić information content (AvgIpc) is 2.37. The van der Waals surface area contributed by atoms with Crippen LogP contribution in [0.2, 0.25) is 0 Å².